The van der Waals surface area contributed by atoms with E-state index in [-0.39, 0.29) is 5.78 Å². The molecular weight excluding hydrogens is 322 g/mol. The van der Waals surface area contributed by atoms with Crippen LogP contribution in [0.3, 0.4) is 0 Å². The first kappa shape index (κ1) is 14.3. The van der Waals surface area contributed by atoms with E-state index in [1.807, 2.05) is 36.6 Å². The van der Waals surface area contributed by atoms with Gasteiger partial charge in [-0.15, -0.1) is 11.3 Å². The quantitative estimate of drug-likeness (QED) is 0.776. The minimum Gasteiger partial charge on any atom is -0.477 e. The fourth-order valence-corrected chi connectivity index (χ4v) is 4.09. The zero-order valence-electron chi connectivity index (χ0n) is 13.4. The average Bonchev–Trinajstić information content (AvgIpc) is 3.24. The molecule has 2 aromatic rings. The maximum atomic E-state index is 12.7. The lowest BCUT2D eigenvalue weighted by Gasteiger charge is -2.30. The number of rotatable bonds is 2. The number of hydrogen-bond acceptors (Lipinski definition) is 5. The monoisotopic (exact) mass is 339 g/mol. The summed E-state index contributed by atoms with van der Waals surface area (Å²) in [6.45, 7) is 3.46. The van der Waals surface area contributed by atoms with Gasteiger partial charge in [0.2, 0.25) is 5.78 Å². The van der Waals surface area contributed by atoms with Crippen LogP contribution in [0, 0.1) is 6.92 Å². The van der Waals surface area contributed by atoms with Gasteiger partial charge in [-0.2, -0.15) is 0 Å². The van der Waals surface area contributed by atoms with E-state index < -0.39 is 0 Å². The van der Waals surface area contributed by atoms with Crippen LogP contribution < -0.4 is 9.47 Å². The van der Waals surface area contributed by atoms with Gasteiger partial charge >= 0.3 is 0 Å². The van der Waals surface area contributed by atoms with Crippen LogP contribution in [0.2, 0.25) is 0 Å². The van der Waals surface area contributed by atoms with Gasteiger partial charge in [0.05, 0.1) is 5.56 Å². The largest absolute Gasteiger partial charge is 0.477 e. The summed E-state index contributed by atoms with van der Waals surface area (Å²) >= 11 is 1.59. The zero-order chi connectivity index (χ0) is 16.3. The number of benzene rings is 1. The van der Waals surface area contributed by atoms with Gasteiger partial charge < -0.3 is 9.47 Å². The fraction of sp³-hybridized carbons (Fsp3) is 0.316. The van der Waals surface area contributed by atoms with E-state index in [1.54, 1.807) is 11.3 Å². The molecule has 0 unspecified atom stereocenters. The summed E-state index contributed by atoms with van der Waals surface area (Å²) in [7, 11) is 0. The van der Waals surface area contributed by atoms with Crippen LogP contribution in [-0.4, -0.2) is 23.5 Å². The predicted octanol–water partition coefficient (Wildman–Crippen LogP) is 3.99. The Labute approximate surface area is 144 Å². The van der Waals surface area contributed by atoms with Gasteiger partial charge in [-0.05, 0) is 37.3 Å². The molecule has 5 rings (SSSR count). The van der Waals surface area contributed by atoms with Crippen molar-refractivity contribution in [1.29, 1.82) is 0 Å². The van der Waals surface area contributed by atoms with E-state index in [4.69, 9.17) is 9.47 Å². The molecule has 1 saturated carbocycles. The molecule has 0 amide bonds. The Morgan fingerprint density at radius 3 is 2.96 bits per heavy atom. The molecule has 24 heavy (non-hydrogen) atoms. The SMILES string of the molecule is Cc1c2c(cc3c1O/C(=C\c1cccs1)C3=O)CN(C1CC1)CO2. The second kappa shape index (κ2) is 5.19. The number of Topliss-reactive ketones (excluding diaryl/α,β-unsaturated/α-hetero) is 1. The number of ketones is 1. The molecule has 122 valence electrons. The number of carbonyl (C=O) groups is 1. The van der Waals surface area contributed by atoms with Crippen molar-refractivity contribution >= 4 is 23.2 Å². The lowest BCUT2D eigenvalue weighted by atomic mass is 10.00. The standard InChI is InChI=1S/C19H17NO3S/c1-11-18-12(9-20(10-22-18)13-4-5-13)7-15-17(21)16(23-19(11)15)8-14-3-2-6-24-14/h2-3,6-8,13H,4-5,9-10H2,1H3/b16-8-. The third-order valence-electron chi connectivity index (χ3n) is 4.84. The van der Waals surface area contributed by atoms with Crippen LogP contribution in [0.4, 0.5) is 0 Å². The Bertz CT molecular complexity index is 865. The van der Waals surface area contributed by atoms with Crippen LogP contribution in [0.1, 0.15) is 39.2 Å². The van der Waals surface area contributed by atoms with Gasteiger partial charge in [0.1, 0.15) is 18.2 Å². The Kier molecular flexibility index (Phi) is 3.08. The molecule has 0 bridgehead atoms. The summed E-state index contributed by atoms with van der Waals surface area (Å²) in [4.78, 5) is 16.1. The van der Waals surface area contributed by atoms with Gasteiger partial charge in [-0.3, -0.25) is 9.69 Å². The molecule has 3 aliphatic rings. The summed E-state index contributed by atoms with van der Waals surface area (Å²) in [5.74, 6) is 1.90. The molecule has 1 aliphatic carbocycles. The van der Waals surface area contributed by atoms with Gasteiger partial charge in [-0.25, -0.2) is 0 Å². The Morgan fingerprint density at radius 1 is 1.33 bits per heavy atom. The van der Waals surface area contributed by atoms with Crippen molar-refractivity contribution in [2.45, 2.75) is 32.4 Å². The highest BCUT2D eigenvalue weighted by Crippen LogP contribution is 2.44. The van der Waals surface area contributed by atoms with E-state index in [1.165, 1.54) is 12.8 Å². The highest BCUT2D eigenvalue weighted by Gasteiger charge is 2.36. The first-order valence-electron chi connectivity index (χ1n) is 8.22. The molecule has 3 heterocycles. The number of ether oxygens (including phenoxy) is 2. The zero-order valence-corrected chi connectivity index (χ0v) is 14.2. The summed E-state index contributed by atoms with van der Waals surface area (Å²) < 4.78 is 11.9. The minimum absolute atomic E-state index is 0.0344. The molecule has 0 atom stereocenters. The van der Waals surface area contributed by atoms with E-state index in [0.29, 0.717) is 29.8 Å². The maximum Gasteiger partial charge on any atom is 0.232 e. The number of hydrogen-bond donors (Lipinski definition) is 0. The van der Waals surface area contributed by atoms with Crippen LogP contribution in [-0.2, 0) is 6.54 Å². The highest BCUT2D eigenvalue weighted by molar-refractivity contribution is 7.10. The molecule has 0 saturated heterocycles. The molecule has 0 radical (unpaired) electrons. The van der Waals surface area contributed by atoms with Crippen LogP contribution in [0.5, 0.6) is 11.5 Å². The summed E-state index contributed by atoms with van der Waals surface area (Å²) in [5, 5.41) is 1.99. The smallest absolute Gasteiger partial charge is 0.232 e. The second-order valence-electron chi connectivity index (χ2n) is 6.57. The van der Waals surface area contributed by atoms with Crippen LogP contribution >= 0.6 is 11.3 Å². The first-order valence-corrected chi connectivity index (χ1v) is 9.10. The fourth-order valence-electron chi connectivity index (χ4n) is 3.44. The number of thiophene rings is 1. The van der Waals surface area contributed by atoms with E-state index in [2.05, 4.69) is 4.90 Å². The summed E-state index contributed by atoms with van der Waals surface area (Å²) in [6, 6.07) is 6.55. The molecule has 2 aliphatic heterocycles. The minimum atomic E-state index is -0.0344. The number of allylic oxidation sites excluding steroid dienone is 1. The van der Waals surface area contributed by atoms with Gasteiger partial charge in [0.25, 0.3) is 0 Å². The number of nitrogens with zero attached hydrogens (tertiary/aromatic N) is 1. The van der Waals surface area contributed by atoms with Crippen molar-refractivity contribution in [2.75, 3.05) is 6.73 Å². The van der Waals surface area contributed by atoms with Crippen molar-refractivity contribution in [3.63, 3.8) is 0 Å². The molecule has 0 spiro atoms. The topological polar surface area (TPSA) is 38.8 Å². The maximum absolute atomic E-state index is 12.7. The van der Waals surface area contributed by atoms with Crippen molar-refractivity contribution in [3.05, 3.63) is 50.9 Å². The van der Waals surface area contributed by atoms with Crippen molar-refractivity contribution in [2.24, 2.45) is 0 Å². The van der Waals surface area contributed by atoms with Gasteiger partial charge in [-0.1, -0.05) is 6.07 Å². The molecule has 1 aromatic heterocycles. The number of fused-ring (bicyclic) bond motifs is 2. The van der Waals surface area contributed by atoms with Crippen molar-refractivity contribution in [1.82, 2.24) is 4.90 Å². The molecular formula is C19H17NO3S. The van der Waals surface area contributed by atoms with Crippen LogP contribution in [0.25, 0.3) is 6.08 Å². The lowest BCUT2D eigenvalue weighted by Crippen LogP contribution is -2.34. The van der Waals surface area contributed by atoms with Crippen molar-refractivity contribution < 1.29 is 14.3 Å². The molecule has 0 N–H and O–H groups in total. The third-order valence-corrected chi connectivity index (χ3v) is 5.66. The highest BCUT2D eigenvalue weighted by atomic mass is 32.1. The molecule has 5 heteroatoms. The van der Waals surface area contributed by atoms with E-state index >= 15 is 0 Å². The van der Waals surface area contributed by atoms with Crippen LogP contribution in [0.15, 0.2) is 29.3 Å². The Morgan fingerprint density at radius 2 is 2.21 bits per heavy atom. The third kappa shape index (κ3) is 2.19. The predicted molar refractivity (Wildman–Crippen MR) is 92.5 cm³/mol. The summed E-state index contributed by atoms with van der Waals surface area (Å²) in [5.41, 5.74) is 2.69. The van der Waals surface area contributed by atoms with E-state index in [9.17, 15) is 4.79 Å². The normalized spacial score (nSPS) is 21.4. The molecule has 1 aromatic carbocycles. The van der Waals surface area contributed by atoms with Gasteiger partial charge in [0.15, 0.2) is 5.76 Å². The molecule has 1 fully saturated rings. The van der Waals surface area contributed by atoms with Gasteiger partial charge in [0, 0.05) is 34.7 Å². The Hall–Kier alpha value is -2.11. The van der Waals surface area contributed by atoms with Crippen molar-refractivity contribution in [3.8, 4) is 11.5 Å². The summed E-state index contributed by atoms with van der Waals surface area (Å²) in [6.07, 6.45) is 4.32. The number of carbonyl (C=O) groups excluding carboxylic acids is 1. The average molecular weight is 339 g/mol. The molecule has 4 nitrogen and oxygen atoms in total. The second-order valence-corrected chi connectivity index (χ2v) is 7.55. The lowest BCUT2D eigenvalue weighted by molar-refractivity contribution is 0.0872. The van der Waals surface area contributed by atoms with E-state index in [0.717, 1.165) is 28.3 Å². The first-order chi connectivity index (χ1) is 11.7. The Balaban J connectivity index is 1.54.